The lowest BCUT2D eigenvalue weighted by molar-refractivity contribution is 0.253. The fourth-order valence-electron chi connectivity index (χ4n) is 2.58. The van der Waals surface area contributed by atoms with E-state index in [1.807, 2.05) is 18.2 Å². The monoisotopic (exact) mass is 297 g/mol. The van der Waals surface area contributed by atoms with E-state index in [9.17, 15) is 0 Å². The normalized spacial score (nSPS) is 17.4. The molecular weight excluding hydrogens is 278 g/mol. The number of benzene rings is 1. The van der Waals surface area contributed by atoms with E-state index >= 15 is 0 Å². The van der Waals surface area contributed by atoms with E-state index in [0.717, 1.165) is 42.2 Å². The minimum absolute atomic E-state index is 0.423. The Labute approximate surface area is 125 Å². The van der Waals surface area contributed by atoms with Crippen molar-refractivity contribution in [3.8, 4) is 0 Å². The summed E-state index contributed by atoms with van der Waals surface area (Å²) in [4.78, 5) is 5.05. The molecule has 104 valence electrons. The maximum Gasteiger partial charge on any atom is 0.106 e. The summed E-state index contributed by atoms with van der Waals surface area (Å²) < 4.78 is 0. The Morgan fingerprint density at radius 1 is 1.42 bits per heavy atom. The number of nitrogens with zero attached hydrogens (tertiary/aromatic N) is 2. The number of likely N-dealkylation sites (tertiary alicyclic amines) is 1. The quantitative estimate of drug-likeness (QED) is 0.869. The molecule has 1 heterocycles. The van der Waals surface area contributed by atoms with Crippen molar-refractivity contribution >= 4 is 34.5 Å². The minimum Gasteiger partial charge on any atom is -0.389 e. The fraction of sp³-hybridized carbons (Fsp3) is 0.500. The molecule has 1 fully saturated rings. The van der Waals surface area contributed by atoms with E-state index in [0.29, 0.717) is 11.0 Å². The van der Waals surface area contributed by atoms with Gasteiger partial charge in [0.05, 0.1) is 0 Å². The molecular formula is C14H20ClN3S. The number of halogens is 1. The zero-order chi connectivity index (χ0) is 14.0. The molecule has 0 bridgehead atoms. The lowest BCUT2D eigenvalue weighted by atomic mass is 10.0. The van der Waals surface area contributed by atoms with Gasteiger partial charge in [-0.3, -0.25) is 0 Å². The van der Waals surface area contributed by atoms with Crippen molar-refractivity contribution in [2.45, 2.75) is 18.9 Å². The highest BCUT2D eigenvalue weighted by atomic mass is 35.5. The van der Waals surface area contributed by atoms with Gasteiger partial charge in [-0.15, -0.1) is 0 Å². The Hall–Kier alpha value is -0.840. The van der Waals surface area contributed by atoms with Crippen LogP contribution >= 0.6 is 23.8 Å². The lowest BCUT2D eigenvalue weighted by Crippen LogP contribution is -2.42. The molecule has 0 aliphatic carbocycles. The Morgan fingerprint density at radius 3 is 2.63 bits per heavy atom. The first-order chi connectivity index (χ1) is 8.99. The minimum atomic E-state index is 0.423. The number of thiocarbonyl (C=S) groups is 1. The second kappa shape index (κ2) is 6.07. The van der Waals surface area contributed by atoms with E-state index in [2.05, 4.69) is 23.9 Å². The molecule has 0 saturated carbocycles. The predicted molar refractivity (Wildman–Crippen MR) is 86.3 cm³/mol. The van der Waals surface area contributed by atoms with Gasteiger partial charge in [-0.05, 0) is 51.2 Å². The van der Waals surface area contributed by atoms with Gasteiger partial charge in [0.15, 0.2) is 0 Å². The highest BCUT2D eigenvalue weighted by molar-refractivity contribution is 7.80. The van der Waals surface area contributed by atoms with Gasteiger partial charge in [0.2, 0.25) is 0 Å². The fourth-order valence-corrected chi connectivity index (χ4v) is 2.92. The number of hydrogen-bond donors (Lipinski definition) is 1. The van der Waals surface area contributed by atoms with Crippen LogP contribution in [0.5, 0.6) is 0 Å². The van der Waals surface area contributed by atoms with Gasteiger partial charge in [0.1, 0.15) is 4.99 Å². The summed E-state index contributed by atoms with van der Waals surface area (Å²) in [7, 11) is 4.26. The van der Waals surface area contributed by atoms with Crippen LogP contribution in [0.4, 0.5) is 5.69 Å². The second-order valence-corrected chi connectivity index (χ2v) is 6.05. The van der Waals surface area contributed by atoms with Crippen molar-refractivity contribution in [3.63, 3.8) is 0 Å². The topological polar surface area (TPSA) is 32.5 Å². The number of nitrogens with two attached hydrogens (primary N) is 1. The summed E-state index contributed by atoms with van der Waals surface area (Å²) in [5.74, 6) is 0. The zero-order valence-corrected chi connectivity index (χ0v) is 13.0. The highest BCUT2D eigenvalue weighted by Crippen LogP contribution is 2.28. The van der Waals surface area contributed by atoms with Crippen molar-refractivity contribution in [1.29, 1.82) is 0 Å². The first kappa shape index (κ1) is 14.6. The summed E-state index contributed by atoms with van der Waals surface area (Å²) in [6.07, 6.45) is 2.30. The van der Waals surface area contributed by atoms with Gasteiger partial charge in [0.25, 0.3) is 0 Å². The number of hydrogen-bond acceptors (Lipinski definition) is 3. The Morgan fingerprint density at radius 2 is 2.05 bits per heavy atom. The van der Waals surface area contributed by atoms with Crippen molar-refractivity contribution < 1.29 is 0 Å². The van der Waals surface area contributed by atoms with Gasteiger partial charge >= 0.3 is 0 Å². The van der Waals surface area contributed by atoms with Crippen LogP contribution in [0.25, 0.3) is 0 Å². The average Bonchev–Trinajstić information content (AvgIpc) is 2.38. The maximum atomic E-state index is 6.11. The van der Waals surface area contributed by atoms with E-state index < -0.39 is 0 Å². The number of rotatable bonds is 3. The number of anilines is 1. The lowest BCUT2D eigenvalue weighted by Gasteiger charge is -2.37. The van der Waals surface area contributed by atoms with E-state index in [4.69, 9.17) is 29.6 Å². The molecule has 1 aromatic rings. The summed E-state index contributed by atoms with van der Waals surface area (Å²) in [6, 6.07) is 6.21. The molecule has 0 spiro atoms. The van der Waals surface area contributed by atoms with Crippen LogP contribution in [-0.4, -0.2) is 43.1 Å². The molecule has 0 atom stereocenters. The first-order valence-corrected chi connectivity index (χ1v) is 7.28. The second-order valence-electron chi connectivity index (χ2n) is 5.17. The molecule has 0 radical (unpaired) electrons. The smallest absolute Gasteiger partial charge is 0.106 e. The summed E-state index contributed by atoms with van der Waals surface area (Å²) in [6.45, 7) is 2.25. The van der Waals surface area contributed by atoms with Crippen LogP contribution in [0, 0.1) is 0 Å². The molecule has 0 aromatic heterocycles. The van der Waals surface area contributed by atoms with Crippen molar-refractivity contribution in [3.05, 3.63) is 28.8 Å². The predicted octanol–water partition coefficient (Wildman–Crippen LogP) is 2.50. The van der Waals surface area contributed by atoms with E-state index in [1.165, 1.54) is 0 Å². The Kier molecular flexibility index (Phi) is 4.66. The molecule has 0 unspecified atom stereocenters. The van der Waals surface area contributed by atoms with Gasteiger partial charge in [0, 0.05) is 29.4 Å². The molecule has 3 nitrogen and oxygen atoms in total. The Balaban J connectivity index is 2.25. The van der Waals surface area contributed by atoms with E-state index in [-0.39, 0.29) is 0 Å². The van der Waals surface area contributed by atoms with Crippen LogP contribution in [0.1, 0.15) is 18.4 Å². The SMILES string of the molecule is CN1CCC(N(C)c2cc(Cl)ccc2C(N)=S)CC1. The summed E-state index contributed by atoms with van der Waals surface area (Å²) in [5, 5.41) is 0.717. The van der Waals surface area contributed by atoms with Crippen molar-refractivity contribution in [1.82, 2.24) is 4.90 Å². The Bertz CT molecular complexity index is 470. The molecule has 5 heteroatoms. The zero-order valence-electron chi connectivity index (χ0n) is 11.4. The molecule has 1 aromatic carbocycles. The van der Waals surface area contributed by atoms with Crippen LogP contribution in [-0.2, 0) is 0 Å². The number of piperidine rings is 1. The average molecular weight is 298 g/mol. The van der Waals surface area contributed by atoms with Crippen molar-refractivity contribution in [2.75, 3.05) is 32.1 Å². The largest absolute Gasteiger partial charge is 0.389 e. The van der Waals surface area contributed by atoms with E-state index in [1.54, 1.807) is 0 Å². The summed E-state index contributed by atoms with van der Waals surface area (Å²) in [5.41, 5.74) is 7.75. The van der Waals surface area contributed by atoms with Crippen molar-refractivity contribution in [2.24, 2.45) is 5.73 Å². The summed E-state index contributed by atoms with van der Waals surface area (Å²) >= 11 is 11.2. The third-order valence-corrected chi connectivity index (χ3v) is 4.30. The van der Waals surface area contributed by atoms with Crippen LogP contribution in [0.3, 0.4) is 0 Å². The third kappa shape index (κ3) is 3.38. The van der Waals surface area contributed by atoms with Gasteiger partial charge < -0.3 is 15.5 Å². The molecule has 1 aliphatic rings. The molecule has 0 amide bonds. The third-order valence-electron chi connectivity index (χ3n) is 3.84. The molecule has 19 heavy (non-hydrogen) atoms. The van der Waals surface area contributed by atoms with Crippen LogP contribution in [0.15, 0.2) is 18.2 Å². The molecule has 1 saturated heterocycles. The van der Waals surface area contributed by atoms with Crippen LogP contribution < -0.4 is 10.6 Å². The first-order valence-electron chi connectivity index (χ1n) is 6.50. The van der Waals surface area contributed by atoms with Gasteiger partial charge in [-0.1, -0.05) is 23.8 Å². The standard InChI is InChI=1S/C14H20ClN3S/c1-17-7-5-11(6-8-17)18(2)13-9-10(15)3-4-12(13)14(16)19/h3-4,9,11H,5-8H2,1-2H3,(H2,16,19). The molecule has 2 rings (SSSR count). The van der Waals surface area contributed by atoms with Gasteiger partial charge in [-0.2, -0.15) is 0 Å². The van der Waals surface area contributed by atoms with Gasteiger partial charge in [-0.25, -0.2) is 0 Å². The van der Waals surface area contributed by atoms with Crippen LogP contribution in [0.2, 0.25) is 5.02 Å². The molecule has 2 N–H and O–H groups in total. The highest BCUT2D eigenvalue weighted by Gasteiger charge is 2.22. The maximum absolute atomic E-state index is 6.11. The molecule has 1 aliphatic heterocycles.